The van der Waals surface area contributed by atoms with Gasteiger partial charge < -0.3 is 26.2 Å². The highest BCUT2D eigenvalue weighted by atomic mass is 32.2. The zero-order valence-electron chi connectivity index (χ0n) is 30.3. The molecule has 4 atom stereocenters. The number of unbranched alkanes of at least 4 members (excludes halogenated alkanes) is 1. The van der Waals surface area contributed by atoms with Crippen LogP contribution >= 0.6 is 0 Å². The largest absolute Gasteiger partial charge is 0.347 e. The Bertz CT molecular complexity index is 1320. The van der Waals surface area contributed by atoms with Crippen LogP contribution in [0, 0.1) is 5.41 Å². The summed E-state index contributed by atoms with van der Waals surface area (Å²) >= 11 is 0. The van der Waals surface area contributed by atoms with Crippen LogP contribution in [-0.2, 0) is 29.2 Å². The minimum absolute atomic E-state index is 0.0123. The van der Waals surface area contributed by atoms with E-state index in [1.807, 2.05) is 13.8 Å². The smallest absolute Gasteiger partial charge is 0.315 e. The molecular weight excluding hydrogens is 648 g/mol. The molecule has 0 radical (unpaired) electrons. The third-order valence-corrected chi connectivity index (χ3v) is 13.9. The summed E-state index contributed by atoms with van der Waals surface area (Å²) in [5.41, 5.74) is -1.56. The minimum atomic E-state index is -3.70. The Labute approximate surface area is 292 Å². The van der Waals surface area contributed by atoms with Gasteiger partial charge in [-0.3, -0.25) is 19.2 Å². The first-order valence-electron chi connectivity index (χ1n) is 18.6. The number of ketones is 1. The lowest BCUT2D eigenvalue weighted by molar-refractivity contribution is -0.144. The second kappa shape index (κ2) is 16.5. The molecule has 14 heteroatoms. The lowest BCUT2D eigenvalue weighted by atomic mass is 9.70. The van der Waals surface area contributed by atoms with Crippen LogP contribution in [0.3, 0.4) is 0 Å². The summed E-state index contributed by atoms with van der Waals surface area (Å²) < 4.78 is 27.8. The number of nitrogens with zero attached hydrogens (tertiary/aromatic N) is 2. The number of rotatable bonds is 15. The summed E-state index contributed by atoms with van der Waals surface area (Å²) in [4.78, 5) is 69.5. The summed E-state index contributed by atoms with van der Waals surface area (Å²) in [5, 5.41) is 10.7. The fraction of sp³-hybridized carbons (Fsp3) is 0.857. The van der Waals surface area contributed by atoms with E-state index >= 15 is 0 Å². The summed E-state index contributed by atoms with van der Waals surface area (Å²) in [6.45, 7) is 5.95. The van der Waals surface area contributed by atoms with Crippen LogP contribution in [0.15, 0.2) is 0 Å². The number of hydrogen-bond donors (Lipinski definition) is 4. The Morgan fingerprint density at radius 3 is 2.06 bits per heavy atom. The fourth-order valence-electron chi connectivity index (χ4n) is 8.05. The second-order valence-corrected chi connectivity index (χ2v) is 17.9. The predicted octanol–water partition coefficient (Wildman–Crippen LogP) is 3.12. The van der Waals surface area contributed by atoms with Gasteiger partial charge >= 0.3 is 6.03 Å². The van der Waals surface area contributed by atoms with Gasteiger partial charge in [0.2, 0.25) is 27.6 Å². The van der Waals surface area contributed by atoms with Gasteiger partial charge in [0, 0.05) is 26.7 Å². The van der Waals surface area contributed by atoms with Crippen molar-refractivity contribution in [1.29, 1.82) is 0 Å². The highest BCUT2D eigenvalue weighted by molar-refractivity contribution is 7.89. The van der Waals surface area contributed by atoms with Crippen molar-refractivity contribution in [3.63, 3.8) is 0 Å². The zero-order valence-corrected chi connectivity index (χ0v) is 31.1. The molecule has 13 nitrogen and oxygen atoms in total. The predicted molar refractivity (Wildman–Crippen MR) is 187 cm³/mol. The third kappa shape index (κ3) is 9.33. The number of carbonyl (C=O) groups is 5. The van der Waals surface area contributed by atoms with Crippen LogP contribution in [0.1, 0.15) is 130 Å². The van der Waals surface area contributed by atoms with E-state index in [0.29, 0.717) is 57.9 Å². The lowest BCUT2D eigenvalue weighted by Gasteiger charge is -2.45. The summed E-state index contributed by atoms with van der Waals surface area (Å²) in [6, 6.07) is -3.33. The average molecular weight is 709 g/mol. The molecular formula is C35H60N6O7S. The first-order chi connectivity index (χ1) is 23.1. The van der Waals surface area contributed by atoms with Crippen LogP contribution in [0.5, 0.6) is 0 Å². The van der Waals surface area contributed by atoms with Gasteiger partial charge in [-0.05, 0) is 70.1 Å². The molecule has 0 aromatic rings. The van der Waals surface area contributed by atoms with Gasteiger partial charge in [0.1, 0.15) is 12.1 Å². The first kappa shape index (κ1) is 39.1. The Hall–Kier alpha value is -2.74. The maximum Gasteiger partial charge on any atom is 0.315 e. The van der Waals surface area contributed by atoms with Crippen LogP contribution in [0.25, 0.3) is 0 Å². The molecule has 4 N–H and O–H groups in total. The van der Waals surface area contributed by atoms with Crippen molar-refractivity contribution in [2.75, 3.05) is 20.6 Å². The van der Waals surface area contributed by atoms with Gasteiger partial charge in [-0.15, -0.1) is 0 Å². The van der Waals surface area contributed by atoms with Crippen LogP contribution < -0.4 is 21.3 Å². The molecule has 4 aliphatic rings. The fourth-order valence-corrected chi connectivity index (χ4v) is 9.55. The molecule has 278 valence electrons. The van der Waals surface area contributed by atoms with Crippen molar-refractivity contribution in [3.8, 4) is 0 Å². The number of nitrogens with one attached hydrogen (secondary N) is 4. The summed E-state index contributed by atoms with van der Waals surface area (Å²) in [5.74, 6) is -2.18. The molecule has 4 rings (SSSR count). The monoisotopic (exact) mass is 708 g/mol. The normalized spacial score (nSPS) is 24.0. The first-order valence-corrected chi connectivity index (χ1v) is 20.1. The maximum atomic E-state index is 14.6. The molecule has 49 heavy (non-hydrogen) atoms. The lowest BCUT2D eigenvalue weighted by Crippen LogP contribution is -2.66. The van der Waals surface area contributed by atoms with Crippen LogP contribution in [0.2, 0.25) is 0 Å². The topological polar surface area (TPSA) is 174 Å². The molecule has 0 bridgehead atoms. The van der Waals surface area contributed by atoms with E-state index in [4.69, 9.17) is 0 Å². The van der Waals surface area contributed by atoms with Gasteiger partial charge in [-0.1, -0.05) is 65.2 Å². The van der Waals surface area contributed by atoms with E-state index in [9.17, 15) is 32.4 Å². The minimum Gasteiger partial charge on any atom is -0.347 e. The average Bonchev–Trinajstić information content (AvgIpc) is 3.75. The van der Waals surface area contributed by atoms with Crippen molar-refractivity contribution in [2.24, 2.45) is 5.41 Å². The van der Waals surface area contributed by atoms with Gasteiger partial charge in [0.25, 0.3) is 5.91 Å². The van der Waals surface area contributed by atoms with E-state index in [1.165, 1.54) is 23.3 Å². The molecule has 0 aromatic carbocycles. The number of urea groups is 1. The molecule has 0 unspecified atom stereocenters. The number of amides is 5. The van der Waals surface area contributed by atoms with E-state index in [-0.39, 0.29) is 11.9 Å². The molecule has 4 fully saturated rings. The SMILES string of the molecule is CCCC[C@H](NC(=O)[C@@H]1CCCN1C(=O)[C@@H](NC(=O)NC1([C@@H](C)S(=O)(=O)N(C)C)CCCCC1)C1(C)CCCCC1)C(=O)C(=O)NC1CC1. The van der Waals surface area contributed by atoms with Crippen molar-refractivity contribution >= 4 is 39.6 Å². The molecule has 5 amide bonds. The van der Waals surface area contributed by atoms with Crippen molar-refractivity contribution < 1.29 is 32.4 Å². The van der Waals surface area contributed by atoms with E-state index in [1.54, 1.807) is 6.92 Å². The van der Waals surface area contributed by atoms with E-state index < -0.39 is 68.0 Å². The van der Waals surface area contributed by atoms with Crippen LogP contribution in [-0.4, -0.2) is 103 Å². The quantitative estimate of drug-likeness (QED) is 0.189. The molecule has 3 aliphatic carbocycles. The summed E-state index contributed by atoms with van der Waals surface area (Å²) in [7, 11) is -0.707. The Morgan fingerprint density at radius 1 is 0.878 bits per heavy atom. The molecule has 1 heterocycles. The Kier molecular flexibility index (Phi) is 13.2. The molecule has 0 aromatic heterocycles. The van der Waals surface area contributed by atoms with Gasteiger partial charge in [-0.25, -0.2) is 17.5 Å². The molecule has 0 spiro atoms. The zero-order chi connectivity index (χ0) is 36.0. The number of sulfonamides is 1. The highest BCUT2D eigenvalue weighted by Gasteiger charge is 2.49. The molecule has 3 saturated carbocycles. The van der Waals surface area contributed by atoms with Gasteiger partial charge in [-0.2, -0.15) is 0 Å². The van der Waals surface area contributed by atoms with Crippen molar-refractivity contribution in [1.82, 2.24) is 30.5 Å². The highest BCUT2D eigenvalue weighted by Crippen LogP contribution is 2.41. The Morgan fingerprint density at radius 2 is 1.49 bits per heavy atom. The van der Waals surface area contributed by atoms with E-state index in [0.717, 1.165) is 57.8 Å². The number of carbonyl (C=O) groups excluding carboxylic acids is 5. The van der Waals surface area contributed by atoms with Gasteiger partial charge in [0.05, 0.1) is 16.8 Å². The molecule has 1 saturated heterocycles. The second-order valence-electron chi connectivity index (χ2n) is 15.4. The van der Waals surface area contributed by atoms with E-state index in [2.05, 4.69) is 21.3 Å². The van der Waals surface area contributed by atoms with Crippen LogP contribution in [0.4, 0.5) is 4.79 Å². The third-order valence-electron chi connectivity index (χ3n) is 11.5. The number of Topliss-reactive ketones (excluding diaryl/α,β-unsaturated/α-hetero) is 1. The standard InChI is InChI=1S/C35H60N6O7S/c1-6-7-15-26(28(42)31(44)36-25-17-18-25)37-30(43)27-16-14-23-41(27)32(45)29(34(3)19-10-8-11-20-34)38-33(46)39-35(21-12-9-13-22-35)24(2)49(47,48)40(4)5/h24-27,29H,6-23H2,1-5H3,(H,36,44)(H,37,43)(H2,38,39,46)/t24-,26+,27+,29-/m1/s1. The summed E-state index contributed by atoms with van der Waals surface area (Å²) in [6.07, 6.45) is 12.2. The van der Waals surface area contributed by atoms with Crippen molar-refractivity contribution in [2.45, 2.75) is 165 Å². The number of likely N-dealkylation sites (tertiary alicyclic amines) is 1. The Balaban J connectivity index is 1.54. The number of hydrogen-bond acceptors (Lipinski definition) is 7. The van der Waals surface area contributed by atoms with Gasteiger partial charge in [0.15, 0.2) is 0 Å². The maximum absolute atomic E-state index is 14.6. The molecule has 1 aliphatic heterocycles. The van der Waals surface area contributed by atoms with Crippen molar-refractivity contribution in [3.05, 3.63) is 0 Å².